The first-order chi connectivity index (χ1) is 15.1. The number of piperidine rings is 1. The van der Waals surface area contributed by atoms with Gasteiger partial charge in [0.2, 0.25) is 5.91 Å². The van der Waals surface area contributed by atoms with Gasteiger partial charge < -0.3 is 15.5 Å². The number of rotatable bonds is 5. The highest BCUT2D eigenvalue weighted by molar-refractivity contribution is 7.13. The first-order valence-electron chi connectivity index (χ1n) is 10.1. The van der Waals surface area contributed by atoms with Crippen molar-refractivity contribution in [3.8, 4) is 5.69 Å². The summed E-state index contributed by atoms with van der Waals surface area (Å²) in [4.78, 5) is 30.4. The second-order valence-corrected chi connectivity index (χ2v) is 8.64. The van der Waals surface area contributed by atoms with Crippen LogP contribution in [0.4, 0.5) is 9.52 Å². The lowest BCUT2D eigenvalue weighted by molar-refractivity contribution is -0.116. The number of hydrogen-bond donors (Lipinski definition) is 2. The van der Waals surface area contributed by atoms with E-state index >= 15 is 0 Å². The molecule has 160 valence electrons. The molecule has 10 heteroatoms. The molecule has 2 N–H and O–H groups in total. The molecule has 2 amide bonds. The number of anilines is 1. The third-order valence-corrected chi connectivity index (χ3v) is 6.43. The van der Waals surface area contributed by atoms with E-state index in [0.717, 1.165) is 31.5 Å². The van der Waals surface area contributed by atoms with Crippen molar-refractivity contribution >= 4 is 28.3 Å². The van der Waals surface area contributed by atoms with Gasteiger partial charge in [0.15, 0.2) is 5.13 Å². The van der Waals surface area contributed by atoms with Crippen LogP contribution in [0, 0.1) is 5.82 Å². The fraction of sp³-hybridized carbons (Fsp3) is 0.333. The van der Waals surface area contributed by atoms with E-state index in [1.807, 2.05) is 12.4 Å². The van der Waals surface area contributed by atoms with Gasteiger partial charge in [-0.25, -0.2) is 14.1 Å². The van der Waals surface area contributed by atoms with E-state index in [-0.39, 0.29) is 30.5 Å². The summed E-state index contributed by atoms with van der Waals surface area (Å²) in [6.07, 6.45) is 7.40. The van der Waals surface area contributed by atoms with E-state index in [0.29, 0.717) is 22.3 Å². The Kier molecular flexibility index (Phi) is 5.24. The van der Waals surface area contributed by atoms with Crippen molar-refractivity contribution in [2.24, 2.45) is 0 Å². The van der Waals surface area contributed by atoms with Crippen molar-refractivity contribution in [1.29, 1.82) is 0 Å². The molecule has 0 atom stereocenters. The molecule has 2 aromatic heterocycles. The van der Waals surface area contributed by atoms with Gasteiger partial charge in [-0.05, 0) is 49.5 Å². The Morgan fingerprint density at radius 2 is 2.16 bits per heavy atom. The molecule has 2 aliphatic rings. The van der Waals surface area contributed by atoms with Crippen molar-refractivity contribution in [1.82, 2.24) is 25.0 Å². The number of halogens is 1. The maximum Gasteiger partial charge on any atom is 0.255 e. The van der Waals surface area contributed by atoms with Crippen LogP contribution >= 0.6 is 11.3 Å². The maximum absolute atomic E-state index is 14.9. The van der Waals surface area contributed by atoms with E-state index < -0.39 is 5.82 Å². The monoisotopic (exact) mass is 440 g/mol. The van der Waals surface area contributed by atoms with Gasteiger partial charge >= 0.3 is 0 Å². The lowest BCUT2D eigenvalue weighted by Gasteiger charge is -2.21. The van der Waals surface area contributed by atoms with Crippen molar-refractivity contribution in [2.75, 3.05) is 25.0 Å². The standard InChI is InChI=1S/C21H21FN6O2S/c22-18-8-15(28-10-14(9-25-28)13-1-3-23-4-2-13)7-16-17(18)11-27(20(16)30)12-19(29)26-21-24-5-6-31-21/h5-10,13,23H,1-4,11-12H2,(H,24,26,29). The zero-order chi connectivity index (χ0) is 21.4. The molecule has 2 aliphatic heterocycles. The summed E-state index contributed by atoms with van der Waals surface area (Å²) in [6.45, 7) is 1.85. The Morgan fingerprint density at radius 1 is 1.32 bits per heavy atom. The average molecular weight is 441 g/mol. The molecular formula is C21H21FN6O2S. The number of nitrogens with zero attached hydrogens (tertiary/aromatic N) is 4. The zero-order valence-electron chi connectivity index (χ0n) is 16.7. The van der Waals surface area contributed by atoms with Gasteiger partial charge in [0, 0.05) is 28.9 Å². The third kappa shape index (κ3) is 3.96. The van der Waals surface area contributed by atoms with E-state index in [1.54, 1.807) is 22.3 Å². The van der Waals surface area contributed by atoms with Crippen LogP contribution in [0.3, 0.4) is 0 Å². The topological polar surface area (TPSA) is 92.2 Å². The molecule has 0 saturated carbocycles. The van der Waals surface area contributed by atoms with Crippen LogP contribution in [0.5, 0.6) is 0 Å². The number of hydrogen-bond acceptors (Lipinski definition) is 6. The Labute approximate surface area is 182 Å². The molecule has 0 unspecified atom stereocenters. The van der Waals surface area contributed by atoms with Crippen LogP contribution < -0.4 is 10.6 Å². The van der Waals surface area contributed by atoms with Gasteiger partial charge in [0.1, 0.15) is 12.4 Å². The Hall–Kier alpha value is -3.11. The Balaban J connectivity index is 1.33. The SMILES string of the molecule is O=C(CN1Cc2c(F)cc(-n3cc(C4CCNCC4)cn3)cc2C1=O)Nc1nccs1. The van der Waals surface area contributed by atoms with Gasteiger partial charge in [0.25, 0.3) is 5.91 Å². The first-order valence-corrected chi connectivity index (χ1v) is 11.0. The Bertz CT molecular complexity index is 1120. The van der Waals surface area contributed by atoms with E-state index in [2.05, 4.69) is 20.7 Å². The second kappa shape index (κ2) is 8.20. The summed E-state index contributed by atoms with van der Waals surface area (Å²) in [5.74, 6) is -0.767. The zero-order valence-corrected chi connectivity index (χ0v) is 17.5. The minimum atomic E-state index is -0.470. The number of thiazole rings is 1. The quantitative estimate of drug-likeness (QED) is 0.636. The normalized spacial score (nSPS) is 16.5. The fourth-order valence-electron chi connectivity index (χ4n) is 4.13. The van der Waals surface area contributed by atoms with Gasteiger partial charge in [-0.15, -0.1) is 11.3 Å². The molecule has 1 aromatic carbocycles. The largest absolute Gasteiger partial charge is 0.325 e. The van der Waals surface area contributed by atoms with Gasteiger partial charge in [-0.2, -0.15) is 5.10 Å². The molecule has 4 heterocycles. The molecule has 0 radical (unpaired) electrons. The number of carbonyl (C=O) groups is 2. The first kappa shape index (κ1) is 19.8. The number of benzene rings is 1. The predicted molar refractivity (Wildman–Crippen MR) is 114 cm³/mol. The lowest BCUT2D eigenvalue weighted by Crippen LogP contribution is -2.33. The van der Waals surface area contributed by atoms with Crippen molar-refractivity contribution in [2.45, 2.75) is 25.3 Å². The molecule has 1 fully saturated rings. The van der Waals surface area contributed by atoms with Crippen LogP contribution in [-0.4, -0.2) is 51.1 Å². The van der Waals surface area contributed by atoms with Crippen LogP contribution in [0.2, 0.25) is 0 Å². The summed E-state index contributed by atoms with van der Waals surface area (Å²) in [5.41, 5.74) is 2.20. The van der Waals surface area contributed by atoms with Crippen molar-refractivity contribution in [3.05, 3.63) is 58.6 Å². The highest BCUT2D eigenvalue weighted by Gasteiger charge is 2.32. The number of carbonyl (C=O) groups excluding carboxylic acids is 2. The molecule has 0 bridgehead atoms. The number of nitrogens with one attached hydrogen (secondary N) is 2. The molecule has 0 spiro atoms. The highest BCUT2D eigenvalue weighted by Crippen LogP contribution is 2.30. The minimum Gasteiger partial charge on any atom is -0.325 e. The van der Waals surface area contributed by atoms with Crippen molar-refractivity contribution in [3.63, 3.8) is 0 Å². The van der Waals surface area contributed by atoms with E-state index in [4.69, 9.17) is 0 Å². The van der Waals surface area contributed by atoms with Crippen LogP contribution in [-0.2, 0) is 11.3 Å². The highest BCUT2D eigenvalue weighted by atomic mass is 32.1. The second-order valence-electron chi connectivity index (χ2n) is 7.74. The van der Waals surface area contributed by atoms with Crippen molar-refractivity contribution < 1.29 is 14.0 Å². The predicted octanol–water partition coefficient (Wildman–Crippen LogP) is 2.53. The van der Waals surface area contributed by atoms with E-state index in [9.17, 15) is 14.0 Å². The van der Waals surface area contributed by atoms with Gasteiger partial charge in [-0.3, -0.25) is 9.59 Å². The molecule has 3 aromatic rings. The molecule has 31 heavy (non-hydrogen) atoms. The maximum atomic E-state index is 14.9. The minimum absolute atomic E-state index is 0.0605. The molecule has 5 rings (SSSR count). The fourth-order valence-corrected chi connectivity index (χ4v) is 4.67. The summed E-state index contributed by atoms with van der Waals surface area (Å²) in [6, 6.07) is 3.04. The van der Waals surface area contributed by atoms with Crippen LogP contribution in [0.25, 0.3) is 5.69 Å². The summed E-state index contributed by atoms with van der Waals surface area (Å²) in [5, 5.41) is 12.6. The third-order valence-electron chi connectivity index (χ3n) is 5.74. The summed E-state index contributed by atoms with van der Waals surface area (Å²) < 4.78 is 16.5. The molecule has 8 nitrogen and oxygen atoms in total. The number of amides is 2. The van der Waals surface area contributed by atoms with E-state index in [1.165, 1.54) is 22.3 Å². The lowest BCUT2D eigenvalue weighted by atomic mass is 9.93. The van der Waals surface area contributed by atoms with Gasteiger partial charge in [-0.1, -0.05) is 0 Å². The number of fused-ring (bicyclic) bond motifs is 1. The van der Waals surface area contributed by atoms with Gasteiger partial charge in [0.05, 0.1) is 18.4 Å². The molecule has 1 saturated heterocycles. The Morgan fingerprint density at radius 3 is 2.94 bits per heavy atom. The molecular weight excluding hydrogens is 419 g/mol. The van der Waals surface area contributed by atoms with Crippen LogP contribution in [0.15, 0.2) is 36.1 Å². The van der Waals surface area contributed by atoms with Crippen LogP contribution in [0.1, 0.15) is 40.2 Å². The summed E-state index contributed by atoms with van der Waals surface area (Å²) >= 11 is 1.29. The molecule has 0 aliphatic carbocycles. The number of aromatic nitrogens is 3. The smallest absolute Gasteiger partial charge is 0.255 e. The average Bonchev–Trinajstić information content (AvgIpc) is 3.51. The summed E-state index contributed by atoms with van der Waals surface area (Å²) in [7, 11) is 0.